The maximum absolute atomic E-state index is 12.8. The molecule has 0 aliphatic carbocycles. The van der Waals surface area contributed by atoms with E-state index in [1.54, 1.807) is 34.4 Å². The van der Waals surface area contributed by atoms with Crippen LogP contribution >= 0.6 is 22.9 Å². The van der Waals surface area contributed by atoms with Gasteiger partial charge >= 0.3 is 5.76 Å². The quantitative estimate of drug-likeness (QED) is 0.485. The number of nitrogens with zero attached hydrogens (tertiary/aromatic N) is 4. The zero-order chi connectivity index (χ0) is 20.8. The lowest BCUT2D eigenvalue weighted by Gasteiger charge is -2.34. The zero-order valence-electron chi connectivity index (χ0n) is 16.3. The number of hydrogen-bond acceptors (Lipinski definition) is 6. The van der Waals surface area contributed by atoms with Crippen LogP contribution in [0.15, 0.2) is 45.6 Å². The monoisotopic (exact) mass is 442 g/mol. The van der Waals surface area contributed by atoms with Crippen molar-refractivity contribution in [2.75, 3.05) is 31.1 Å². The summed E-state index contributed by atoms with van der Waals surface area (Å²) in [5.74, 6) is -0.601. The SMILES string of the molecule is Cc1ccc(Cl)c2sc(N3CCN(C(=O)Cn4c(=O)oc5ccccc54)CC3)nc12. The Labute approximate surface area is 181 Å². The van der Waals surface area contributed by atoms with Gasteiger partial charge in [0.05, 0.1) is 20.8 Å². The minimum absolute atomic E-state index is 0.0220. The second-order valence-electron chi connectivity index (χ2n) is 7.33. The number of amides is 1. The fourth-order valence-electron chi connectivity index (χ4n) is 3.77. The predicted molar refractivity (Wildman–Crippen MR) is 119 cm³/mol. The maximum Gasteiger partial charge on any atom is 0.420 e. The first-order valence-electron chi connectivity index (χ1n) is 9.68. The molecule has 4 aromatic rings. The number of oxazole rings is 1. The lowest BCUT2D eigenvalue weighted by molar-refractivity contribution is -0.132. The van der Waals surface area contributed by atoms with Crippen LogP contribution in [-0.4, -0.2) is 46.5 Å². The van der Waals surface area contributed by atoms with Crippen molar-refractivity contribution in [3.05, 3.63) is 57.5 Å². The molecule has 0 radical (unpaired) electrons. The summed E-state index contributed by atoms with van der Waals surface area (Å²) >= 11 is 7.91. The first-order valence-corrected chi connectivity index (χ1v) is 10.9. The number of aryl methyl sites for hydroxylation is 1. The molecule has 0 unspecified atom stereocenters. The molecular weight excluding hydrogens is 424 g/mol. The van der Waals surface area contributed by atoms with Crippen molar-refractivity contribution in [3.8, 4) is 0 Å². The highest BCUT2D eigenvalue weighted by Gasteiger charge is 2.25. The van der Waals surface area contributed by atoms with Gasteiger partial charge in [-0.3, -0.25) is 9.36 Å². The molecule has 154 valence electrons. The summed E-state index contributed by atoms with van der Waals surface area (Å²) in [6.07, 6.45) is 0. The van der Waals surface area contributed by atoms with E-state index in [1.165, 1.54) is 4.57 Å². The molecule has 1 aliphatic heterocycles. The Morgan fingerprint density at radius 2 is 1.93 bits per heavy atom. The van der Waals surface area contributed by atoms with E-state index >= 15 is 0 Å². The van der Waals surface area contributed by atoms with Crippen molar-refractivity contribution in [2.24, 2.45) is 0 Å². The molecule has 7 nitrogen and oxygen atoms in total. The van der Waals surface area contributed by atoms with Crippen molar-refractivity contribution in [1.29, 1.82) is 0 Å². The topological polar surface area (TPSA) is 71.6 Å². The number of halogens is 1. The molecule has 9 heteroatoms. The van der Waals surface area contributed by atoms with Gasteiger partial charge < -0.3 is 14.2 Å². The van der Waals surface area contributed by atoms with Gasteiger partial charge in [-0.2, -0.15) is 0 Å². The van der Waals surface area contributed by atoms with Crippen LogP contribution in [0.1, 0.15) is 5.56 Å². The third-order valence-corrected chi connectivity index (χ3v) is 7.03. The summed E-state index contributed by atoms with van der Waals surface area (Å²) in [5.41, 5.74) is 3.16. The molecule has 0 bridgehead atoms. The van der Waals surface area contributed by atoms with E-state index < -0.39 is 5.76 Å². The molecule has 30 heavy (non-hydrogen) atoms. The van der Waals surface area contributed by atoms with E-state index in [1.807, 2.05) is 25.1 Å². The number of benzene rings is 2. The van der Waals surface area contributed by atoms with E-state index in [-0.39, 0.29) is 12.5 Å². The Morgan fingerprint density at radius 3 is 2.70 bits per heavy atom. The summed E-state index contributed by atoms with van der Waals surface area (Å²) in [6.45, 7) is 4.52. The van der Waals surface area contributed by atoms with Gasteiger partial charge in [0, 0.05) is 26.2 Å². The highest BCUT2D eigenvalue weighted by molar-refractivity contribution is 7.22. The lowest BCUT2D eigenvalue weighted by atomic mass is 10.2. The van der Waals surface area contributed by atoms with Crippen molar-refractivity contribution >= 4 is 55.3 Å². The van der Waals surface area contributed by atoms with Crippen molar-refractivity contribution in [2.45, 2.75) is 13.5 Å². The summed E-state index contributed by atoms with van der Waals surface area (Å²) in [7, 11) is 0. The van der Waals surface area contributed by atoms with Gasteiger partial charge in [-0.15, -0.1) is 0 Å². The van der Waals surface area contributed by atoms with Crippen LogP contribution in [0.4, 0.5) is 5.13 Å². The van der Waals surface area contributed by atoms with Crippen LogP contribution in [0.5, 0.6) is 0 Å². The summed E-state index contributed by atoms with van der Waals surface area (Å²) in [4.78, 5) is 33.7. The largest absolute Gasteiger partial charge is 0.420 e. The van der Waals surface area contributed by atoms with Crippen molar-refractivity contribution in [1.82, 2.24) is 14.5 Å². The molecule has 3 heterocycles. The number of para-hydroxylation sites is 2. The molecule has 1 saturated heterocycles. The predicted octanol–water partition coefficient (Wildman–Crippen LogP) is 3.51. The molecule has 5 rings (SSSR count). The molecule has 2 aromatic heterocycles. The van der Waals surface area contributed by atoms with E-state index in [4.69, 9.17) is 21.0 Å². The smallest absolute Gasteiger partial charge is 0.408 e. The number of carbonyl (C=O) groups is 1. The number of rotatable bonds is 3. The van der Waals surface area contributed by atoms with E-state index in [2.05, 4.69) is 4.90 Å². The maximum atomic E-state index is 12.8. The Hall–Kier alpha value is -2.84. The second kappa shape index (κ2) is 7.45. The van der Waals surface area contributed by atoms with Crippen molar-refractivity contribution < 1.29 is 9.21 Å². The van der Waals surface area contributed by atoms with Gasteiger partial charge in [-0.25, -0.2) is 9.78 Å². The van der Waals surface area contributed by atoms with E-state index in [0.717, 1.165) is 20.9 Å². The van der Waals surface area contributed by atoms with Crippen LogP contribution in [0.25, 0.3) is 21.3 Å². The highest BCUT2D eigenvalue weighted by Crippen LogP contribution is 2.35. The Balaban J connectivity index is 1.29. The molecule has 0 saturated carbocycles. The average Bonchev–Trinajstić information content (AvgIpc) is 3.34. The second-order valence-corrected chi connectivity index (χ2v) is 8.71. The van der Waals surface area contributed by atoms with Gasteiger partial charge in [-0.05, 0) is 30.7 Å². The first kappa shape index (κ1) is 19.1. The lowest BCUT2D eigenvalue weighted by Crippen LogP contribution is -2.50. The zero-order valence-corrected chi connectivity index (χ0v) is 17.9. The summed E-state index contributed by atoms with van der Waals surface area (Å²) in [6, 6.07) is 11.0. The number of aromatic nitrogens is 2. The summed E-state index contributed by atoms with van der Waals surface area (Å²) < 4.78 is 7.61. The van der Waals surface area contributed by atoms with Crippen molar-refractivity contribution in [3.63, 3.8) is 0 Å². The third-order valence-electron chi connectivity index (χ3n) is 5.46. The molecule has 1 amide bonds. The van der Waals surface area contributed by atoms with Gasteiger partial charge in [-0.1, -0.05) is 41.1 Å². The number of piperazine rings is 1. The van der Waals surface area contributed by atoms with E-state index in [9.17, 15) is 9.59 Å². The van der Waals surface area contributed by atoms with Gasteiger partial charge in [0.2, 0.25) is 5.91 Å². The number of thiazole rings is 1. The van der Waals surface area contributed by atoms with E-state index in [0.29, 0.717) is 42.3 Å². The molecule has 1 aliphatic rings. The molecule has 2 aromatic carbocycles. The summed E-state index contributed by atoms with van der Waals surface area (Å²) in [5, 5.41) is 1.64. The number of hydrogen-bond donors (Lipinski definition) is 0. The van der Waals surface area contributed by atoms with Gasteiger partial charge in [0.15, 0.2) is 10.7 Å². The first-order chi connectivity index (χ1) is 14.5. The van der Waals surface area contributed by atoms with Crippen LogP contribution in [0.2, 0.25) is 5.02 Å². The number of carbonyl (C=O) groups excluding carboxylic acids is 1. The van der Waals surface area contributed by atoms with Crippen LogP contribution < -0.4 is 10.7 Å². The fourth-order valence-corrected chi connectivity index (χ4v) is 5.14. The number of fused-ring (bicyclic) bond motifs is 2. The Bertz CT molecular complexity index is 1280. The molecule has 0 atom stereocenters. The standard InChI is InChI=1S/C21H19ClN4O3S/c1-13-6-7-14(22)19-18(13)23-20(30-19)25-10-8-24(9-11-25)17(27)12-26-15-4-2-3-5-16(15)29-21(26)28/h2-7H,8-12H2,1H3. The third kappa shape index (κ3) is 3.26. The normalized spacial score (nSPS) is 14.7. The molecule has 0 N–H and O–H groups in total. The Kier molecular flexibility index (Phi) is 4.75. The van der Waals surface area contributed by atoms with Gasteiger partial charge in [0.25, 0.3) is 0 Å². The molecule has 1 fully saturated rings. The molecular formula is C21H19ClN4O3S. The van der Waals surface area contributed by atoms with Gasteiger partial charge in [0.1, 0.15) is 6.54 Å². The van der Waals surface area contributed by atoms with Crippen LogP contribution in [0, 0.1) is 6.92 Å². The number of anilines is 1. The highest BCUT2D eigenvalue weighted by atomic mass is 35.5. The minimum Gasteiger partial charge on any atom is -0.408 e. The average molecular weight is 443 g/mol. The van der Waals surface area contributed by atoms with Crippen LogP contribution in [-0.2, 0) is 11.3 Å². The Morgan fingerprint density at radius 1 is 1.17 bits per heavy atom. The fraction of sp³-hybridized carbons (Fsp3) is 0.286. The van der Waals surface area contributed by atoms with Crippen LogP contribution in [0.3, 0.4) is 0 Å². The molecule has 0 spiro atoms. The minimum atomic E-state index is -0.509.